The number of carboxylic acids is 1. The van der Waals surface area contributed by atoms with Crippen LogP contribution in [-0.2, 0) is 4.79 Å². The van der Waals surface area contributed by atoms with Gasteiger partial charge in [-0.2, -0.15) is 0 Å². The maximum absolute atomic E-state index is 11.8. The van der Waals surface area contributed by atoms with E-state index in [1.54, 1.807) is 0 Å². The minimum absolute atomic E-state index is 0.248. The molecule has 3 nitrogen and oxygen atoms in total. The summed E-state index contributed by atoms with van der Waals surface area (Å²) in [5, 5.41) is 13.0. The average molecular weight is 307 g/mol. The fraction of sp³-hybridized carbons (Fsp3) is 0.588. The van der Waals surface area contributed by atoms with Crippen molar-refractivity contribution in [3.63, 3.8) is 0 Å². The molecule has 0 amide bonds. The third-order valence-electron chi connectivity index (χ3n) is 4.37. The number of aliphatic carboxylic acids is 1. The van der Waals surface area contributed by atoms with E-state index in [1.165, 1.54) is 4.90 Å². The van der Waals surface area contributed by atoms with Crippen LogP contribution in [0, 0.1) is 5.92 Å². The molecule has 1 fully saturated rings. The van der Waals surface area contributed by atoms with Crippen molar-refractivity contribution < 1.29 is 9.90 Å². The molecule has 21 heavy (non-hydrogen) atoms. The Morgan fingerprint density at radius 2 is 2.19 bits per heavy atom. The highest BCUT2D eigenvalue weighted by atomic mass is 32.2. The van der Waals surface area contributed by atoms with Crippen LogP contribution >= 0.6 is 11.8 Å². The molecule has 0 radical (unpaired) electrons. The summed E-state index contributed by atoms with van der Waals surface area (Å²) >= 11 is 1.82. The van der Waals surface area contributed by atoms with E-state index in [9.17, 15) is 9.90 Å². The highest BCUT2D eigenvalue weighted by Crippen LogP contribution is 2.39. The molecule has 1 aromatic rings. The lowest BCUT2D eigenvalue weighted by Crippen LogP contribution is -2.55. The van der Waals surface area contributed by atoms with Gasteiger partial charge in [-0.25, -0.2) is 0 Å². The van der Waals surface area contributed by atoms with Gasteiger partial charge in [0, 0.05) is 4.90 Å². The van der Waals surface area contributed by atoms with E-state index in [-0.39, 0.29) is 5.92 Å². The molecule has 0 spiro atoms. The summed E-state index contributed by atoms with van der Waals surface area (Å²) in [5.41, 5.74) is -0.687. The van der Waals surface area contributed by atoms with Crippen LogP contribution in [0.3, 0.4) is 0 Å². The Kier molecular flexibility index (Phi) is 6.12. The first-order valence-corrected chi connectivity index (χ1v) is 8.84. The SMILES string of the molecule is CCCNC1(C(=O)O)CCCC1CCSc1ccccc1. The molecular formula is C17H25NO2S. The highest BCUT2D eigenvalue weighted by Gasteiger charge is 2.48. The predicted molar refractivity (Wildman–Crippen MR) is 87.8 cm³/mol. The second-order valence-corrected chi connectivity index (χ2v) is 6.91. The standard InChI is InChI=1S/C17H25NO2S/c1-2-12-18-17(16(19)20)11-6-7-14(17)10-13-21-15-8-4-3-5-9-15/h3-5,8-9,14,18H,2,6-7,10-13H2,1H3,(H,19,20). The molecule has 0 bridgehead atoms. The zero-order valence-electron chi connectivity index (χ0n) is 12.7. The van der Waals surface area contributed by atoms with E-state index >= 15 is 0 Å². The molecule has 2 atom stereocenters. The molecular weight excluding hydrogens is 282 g/mol. The summed E-state index contributed by atoms with van der Waals surface area (Å²) in [6, 6.07) is 10.3. The first-order valence-electron chi connectivity index (χ1n) is 7.85. The fourth-order valence-corrected chi connectivity index (χ4v) is 4.23. The lowest BCUT2D eigenvalue weighted by Gasteiger charge is -2.32. The fourth-order valence-electron chi connectivity index (χ4n) is 3.24. The van der Waals surface area contributed by atoms with Crippen molar-refractivity contribution in [1.29, 1.82) is 0 Å². The van der Waals surface area contributed by atoms with Crippen LogP contribution < -0.4 is 5.32 Å². The summed E-state index contributed by atoms with van der Waals surface area (Å²) < 4.78 is 0. The monoisotopic (exact) mass is 307 g/mol. The van der Waals surface area contributed by atoms with Crippen LogP contribution in [-0.4, -0.2) is 28.9 Å². The van der Waals surface area contributed by atoms with Gasteiger partial charge in [-0.1, -0.05) is 31.5 Å². The smallest absolute Gasteiger partial charge is 0.324 e. The molecule has 4 heteroatoms. The zero-order chi connectivity index (χ0) is 15.1. The van der Waals surface area contributed by atoms with Gasteiger partial charge in [-0.05, 0) is 56.0 Å². The van der Waals surface area contributed by atoms with Crippen molar-refractivity contribution in [2.45, 2.75) is 49.5 Å². The van der Waals surface area contributed by atoms with Gasteiger partial charge in [0.1, 0.15) is 5.54 Å². The molecule has 2 rings (SSSR count). The van der Waals surface area contributed by atoms with Crippen molar-refractivity contribution in [2.75, 3.05) is 12.3 Å². The highest BCUT2D eigenvalue weighted by molar-refractivity contribution is 7.99. The number of rotatable bonds is 8. The number of thioether (sulfide) groups is 1. The number of carbonyl (C=O) groups is 1. The van der Waals surface area contributed by atoms with E-state index in [0.717, 1.165) is 44.4 Å². The Hall–Kier alpha value is -1.00. The molecule has 1 aliphatic carbocycles. The van der Waals surface area contributed by atoms with Gasteiger partial charge < -0.3 is 10.4 Å². The number of hydrogen-bond donors (Lipinski definition) is 2. The maximum Gasteiger partial charge on any atom is 0.324 e. The van der Waals surface area contributed by atoms with E-state index in [4.69, 9.17) is 0 Å². The third kappa shape index (κ3) is 4.01. The number of hydrogen-bond acceptors (Lipinski definition) is 3. The van der Waals surface area contributed by atoms with Gasteiger partial charge in [-0.15, -0.1) is 11.8 Å². The van der Waals surface area contributed by atoms with Crippen LogP contribution in [0.1, 0.15) is 39.0 Å². The Labute approximate surface area is 131 Å². The van der Waals surface area contributed by atoms with Crippen molar-refractivity contribution >= 4 is 17.7 Å². The quantitative estimate of drug-likeness (QED) is 0.717. The van der Waals surface area contributed by atoms with Gasteiger partial charge in [0.2, 0.25) is 0 Å². The second kappa shape index (κ2) is 7.85. The Bertz CT molecular complexity index is 451. The molecule has 0 saturated heterocycles. The number of nitrogens with one attached hydrogen (secondary N) is 1. The summed E-state index contributed by atoms with van der Waals surface area (Å²) in [6.45, 7) is 2.87. The second-order valence-electron chi connectivity index (χ2n) is 5.74. The Balaban J connectivity index is 1.92. The van der Waals surface area contributed by atoms with Gasteiger partial charge >= 0.3 is 5.97 Å². The van der Waals surface area contributed by atoms with Crippen LogP contribution in [0.25, 0.3) is 0 Å². The molecule has 0 aromatic heterocycles. The average Bonchev–Trinajstić information content (AvgIpc) is 2.90. The molecule has 2 N–H and O–H groups in total. The van der Waals surface area contributed by atoms with E-state index < -0.39 is 11.5 Å². The van der Waals surface area contributed by atoms with Crippen LogP contribution in [0.4, 0.5) is 0 Å². The van der Waals surface area contributed by atoms with Gasteiger partial charge in [0.05, 0.1) is 0 Å². The van der Waals surface area contributed by atoms with Gasteiger partial charge in [0.25, 0.3) is 0 Å². The summed E-state index contributed by atoms with van der Waals surface area (Å²) in [5.74, 6) is 0.568. The first-order chi connectivity index (χ1) is 10.2. The maximum atomic E-state index is 11.8. The summed E-state index contributed by atoms with van der Waals surface area (Å²) in [6.07, 6.45) is 4.74. The van der Waals surface area contributed by atoms with Crippen LogP contribution in [0.15, 0.2) is 35.2 Å². The van der Waals surface area contributed by atoms with E-state index in [1.807, 2.05) is 30.0 Å². The zero-order valence-corrected chi connectivity index (χ0v) is 13.5. The minimum atomic E-state index is -0.687. The first kappa shape index (κ1) is 16.4. The van der Waals surface area contributed by atoms with Crippen molar-refractivity contribution in [1.82, 2.24) is 5.32 Å². The van der Waals surface area contributed by atoms with Gasteiger partial charge in [0.15, 0.2) is 0 Å². The molecule has 0 aliphatic heterocycles. The topological polar surface area (TPSA) is 49.3 Å². The molecule has 1 saturated carbocycles. The third-order valence-corrected chi connectivity index (χ3v) is 5.42. The molecule has 116 valence electrons. The number of carboxylic acid groups (broad SMARTS) is 1. The number of benzene rings is 1. The lowest BCUT2D eigenvalue weighted by atomic mass is 9.85. The normalized spacial score (nSPS) is 25.1. The Morgan fingerprint density at radius 1 is 1.43 bits per heavy atom. The predicted octanol–water partition coefficient (Wildman–Crippen LogP) is 3.79. The largest absolute Gasteiger partial charge is 0.480 e. The Morgan fingerprint density at radius 3 is 2.86 bits per heavy atom. The molecule has 1 aromatic carbocycles. The lowest BCUT2D eigenvalue weighted by molar-refractivity contribution is -0.146. The van der Waals surface area contributed by atoms with Crippen LogP contribution in [0.2, 0.25) is 0 Å². The summed E-state index contributed by atoms with van der Waals surface area (Å²) in [7, 11) is 0. The van der Waals surface area contributed by atoms with Crippen molar-refractivity contribution in [3.05, 3.63) is 30.3 Å². The molecule has 0 heterocycles. The summed E-state index contributed by atoms with van der Waals surface area (Å²) in [4.78, 5) is 13.1. The van der Waals surface area contributed by atoms with Crippen molar-refractivity contribution in [3.8, 4) is 0 Å². The van der Waals surface area contributed by atoms with Crippen LogP contribution in [0.5, 0.6) is 0 Å². The van der Waals surface area contributed by atoms with Gasteiger partial charge in [-0.3, -0.25) is 4.79 Å². The van der Waals surface area contributed by atoms with Crippen molar-refractivity contribution in [2.24, 2.45) is 5.92 Å². The minimum Gasteiger partial charge on any atom is -0.480 e. The van der Waals surface area contributed by atoms with E-state index in [0.29, 0.717) is 0 Å². The van der Waals surface area contributed by atoms with E-state index in [2.05, 4.69) is 24.4 Å². The molecule has 2 unspecified atom stereocenters. The molecule has 1 aliphatic rings.